The van der Waals surface area contributed by atoms with Gasteiger partial charge in [0.1, 0.15) is 0 Å². The molecule has 1 rings (SSSR count). The minimum absolute atomic E-state index is 0.0390. The van der Waals surface area contributed by atoms with Crippen LogP contribution in [-0.4, -0.2) is 30.8 Å². The zero-order chi connectivity index (χ0) is 12.1. The molecule has 1 aromatic heterocycles. The summed E-state index contributed by atoms with van der Waals surface area (Å²) in [5.74, 6) is 0.0913. The van der Waals surface area contributed by atoms with Crippen LogP contribution in [0.1, 0.15) is 21.5 Å². The number of hydrogen-bond acceptors (Lipinski definition) is 4. The average Bonchev–Trinajstić information content (AvgIpc) is 2.64. The summed E-state index contributed by atoms with van der Waals surface area (Å²) < 4.78 is 0. The quantitative estimate of drug-likeness (QED) is 0.737. The average molecular weight is 236 g/mol. The van der Waals surface area contributed by atoms with Gasteiger partial charge in [0.15, 0.2) is 5.78 Å². The minimum Gasteiger partial charge on any atom is -0.298 e. The minimum atomic E-state index is -0.0390. The molecule has 0 spiro atoms. The smallest absolute Gasteiger partial charge is 0.186 e. The molecule has 4 heteroatoms. The van der Waals surface area contributed by atoms with Gasteiger partial charge in [-0.2, -0.15) is 5.26 Å². The highest BCUT2D eigenvalue weighted by molar-refractivity contribution is 7.14. The standard InChI is InChI=1S/C12H16N2OS/c1-9(6-13)7-14(3)8-11(15)12-5-4-10(2)16-12/h4-5,9H,7-8H2,1-3H3. The van der Waals surface area contributed by atoms with Crippen molar-refractivity contribution >= 4 is 17.1 Å². The van der Waals surface area contributed by atoms with Crippen LogP contribution in [0.25, 0.3) is 0 Å². The van der Waals surface area contributed by atoms with Gasteiger partial charge in [0.05, 0.1) is 23.4 Å². The molecule has 0 aliphatic carbocycles. The first-order valence-electron chi connectivity index (χ1n) is 5.20. The zero-order valence-electron chi connectivity index (χ0n) is 9.86. The van der Waals surface area contributed by atoms with Crippen LogP contribution in [0.2, 0.25) is 0 Å². The molecular formula is C12H16N2OS. The molecule has 1 heterocycles. The van der Waals surface area contributed by atoms with E-state index in [1.165, 1.54) is 11.3 Å². The summed E-state index contributed by atoms with van der Waals surface area (Å²) in [7, 11) is 1.87. The van der Waals surface area contributed by atoms with Crippen molar-refractivity contribution in [2.24, 2.45) is 5.92 Å². The van der Waals surface area contributed by atoms with E-state index >= 15 is 0 Å². The van der Waals surface area contributed by atoms with Crippen molar-refractivity contribution in [3.05, 3.63) is 21.9 Å². The molecular weight excluding hydrogens is 220 g/mol. The molecule has 0 bridgehead atoms. The van der Waals surface area contributed by atoms with Crippen LogP contribution in [0.5, 0.6) is 0 Å². The number of carbonyl (C=O) groups excluding carboxylic acids is 1. The predicted molar refractivity (Wildman–Crippen MR) is 65.7 cm³/mol. The third-order valence-electron chi connectivity index (χ3n) is 2.23. The van der Waals surface area contributed by atoms with Crippen molar-refractivity contribution in [1.82, 2.24) is 4.90 Å². The second-order valence-corrected chi connectivity index (χ2v) is 5.35. The first-order chi connectivity index (χ1) is 7.52. The molecule has 0 fully saturated rings. The van der Waals surface area contributed by atoms with Gasteiger partial charge in [-0.3, -0.25) is 9.69 Å². The Balaban J connectivity index is 2.49. The normalized spacial score (nSPS) is 12.4. The van der Waals surface area contributed by atoms with Gasteiger partial charge in [-0.1, -0.05) is 0 Å². The Morgan fingerprint density at radius 3 is 2.81 bits per heavy atom. The maximum Gasteiger partial charge on any atom is 0.186 e. The van der Waals surface area contributed by atoms with Crippen molar-refractivity contribution in [3.8, 4) is 6.07 Å². The van der Waals surface area contributed by atoms with Gasteiger partial charge in [-0.25, -0.2) is 0 Å². The van der Waals surface area contributed by atoms with Crippen molar-refractivity contribution < 1.29 is 4.79 Å². The molecule has 0 radical (unpaired) electrons. The van der Waals surface area contributed by atoms with Gasteiger partial charge in [-0.15, -0.1) is 11.3 Å². The van der Waals surface area contributed by atoms with Gasteiger partial charge < -0.3 is 0 Å². The van der Waals surface area contributed by atoms with E-state index in [2.05, 4.69) is 6.07 Å². The molecule has 1 atom stereocenters. The van der Waals surface area contributed by atoms with E-state index in [0.717, 1.165) is 9.75 Å². The number of aryl methyl sites for hydroxylation is 1. The molecule has 0 N–H and O–H groups in total. The lowest BCUT2D eigenvalue weighted by Gasteiger charge is -2.16. The lowest BCUT2D eigenvalue weighted by atomic mass is 10.2. The molecule has 0 aliphatic heterocycles. The van der Waals surface area contributed by atoms with Crippen LogP contribution in [0, 0.1) is 24.2 Å². The van der Waals surface area contributed by atoms with Gasteiger partial charge in [0.2, 0.25) is 0 Å². The van der Waals surface area contributed by atoms with E-state index in [1.54, 1.807) is 0 Å². The molecule has 0 saturated heterocycles. The van der Waals surface area contributed by atoms with Gasteiger partial charge >= 0.3 is 0 Å². The third kappa shape index (κ3) is 3.76. The lowest BCUT2D eigenvalue weighted by Crippen LogP contribution is -2.29. The van der Waals surface area contributed by atoms with E-state index in [1.807, 2.05) is 37.9 Å². The first kappa shape index (κ1) is 12.9. The summed E-state index contributed by atoms with van der Waals surface area (Å²) in [4.78, 5) is 15.7. The topological polar surface area (TPSA) is 44.1 Å². The number of rotatable bonds is 5. The molecule has 0 saturated carbocycles. The highest BCUT2D eigenvalue weighted by atomic mass is 32.1. The third-order valence-corrected chi connectivity index (χ3v) is 3.28. The van der Waals surface area contributed by atoms with E-state index in [0.29, 0.717) is 13.1 Å². The second kappa shape index (κ2) is 5.78. The predicted octanol–water partition coefficient (Wildman–Crippen LogP) is 2.33. The van der Waals surface area contributed by atoms with Gasteiger partial charge in [0.25, 0.3) is 0 Å². The Hall–Kier alpha value is -1.18. The Labute approximate surface area is 100 Å². The van der Waals surface area contributed by atoms with Crippen molar-refractivity contribution in [2.45, 2.75) is 13.8 Å². The monoisotopic (exact) mass is 236 g/mol. The summed E-state index contributed by atoms with van der Waals surface area (Å²) >= 11 is 1.52. The number of nitrogens with zero attached hydrogens (tertiary/aromatic N) is 2. The molecule has 0 aromatic carbocycles. The number of Topliss-reactive ketones (excluding diaryl/α,β-unsaturated/α-hetero) is 1. The van der Waals surface area contributed by atoms with Crippen LogP contribution in [-0.2, 0) is 0 Å². The maximum absolute atomic E-state index is 11.8. The fraction of sp³-hybridized carbons (Fsp3) is 0.500. The van der Waals surface area contributed by atoms with E-state index in [4.69, 9.17) is 5.26 Å². The van der Waals surface area contributed by atoms with Crippen LogP contribution in [0.3, 0.4) is 0 Å². The van der Waals surface area contributed by atoms with Crippen molar-refractivity contribution in [3.63, 3.8) is 0 Å². The Kier molecular flexibility index (Phi) is 4.66. The van der Waals surface area contributed by atoms with Crippen LogP contribution >= 0.6 is 11.3 Å². The Bertz CT molecular complexity index is 405. The maximum atomic E-state index is 11.8. The number of likely N-dealkylation sites (N-methyl/N-ethyl adjacent to an activating group) is 1. The number of hydrogen-bond donors (Lipinski definition) is 0. The molecule has 0 amide bonds. The number of carbonyl (C=O) groups is 1. The summed E-state index contributed by atoms with van der Waals surface area (Å²) in [6.45, 7) is 4.86. The van der Waals surface area contributed by atoms with Gasteiger partial charge in [-0.05, 0) is 33.0 Å². The molecule has 86 valence electrons. The lowest BCUT2D eigenvalue weighted by molar-refractivity contribution is 0.0947. The van der Waals surface area contributed by atoms with Gasteiger partial charge in [0, 0.05) is 11.4 Å². The summed E-state index contributed by atoms with van der Waals surface area (Å²) in [5, 5.41) is 8.68. The van der Waals surface area contributed by atoms with E-state index in [9.17, 15) is 4.79 Å². The van der Waals surface area contributed by atoms with E-state index < -0.39 is 0 Å². The molecule has 0 aliphatic rings. The summed E-state index contributed by atoms with van der Waals surface area (Å²) in [6.07, 6.45) is 0. The van der Waals surface area contributed by atoms with Crippen LogP contribution in [0.15, 0.2) is 12.1 Å². The molecule has 1 unspecified atom stereocenters. The molecule has 16 heavy (non-hydrogen) atoms. The first-order valence-corrected chi connectivity index (χ1v) is 6.02. The summed E-state index contributed by atoms with van der Waals surface area (Å²) in [5.41, 5.74) is 0. The van der Waals surface area contributed by atoms with Crippen molar-refractivity contribution in [1.29, 1.82) is 5.26 Å². The number of ketones is 1. The van der Waals surface area contributed by atoms with E-state index in [-0.39, 0.29) is 11.7 Å². The Morgan fingerprint density at radius 2 is 2.31 bits per heavy atom. The molecule has 3 nitrogen and oxygen atoms in total. The van der Waals surface area contributed by atoms with Crippen LogP contribution in [0.4, 0.5) is 0 Å². The van der Waals surface area contributed by atoms with Crippen molar-refractivity contribution in [2.75, 3.05) is 20.1 Å². The SMILES string of the molecule is Cc1ccc(C(=O)CN(C)CC(C)C#N)s1. The van der Waals surface area contributed by atoms with Crippen LogP contribution < -0.4 is 0 Å². The largest absolute Gasteiger partial charge is 0.298 e. The summed E-state index contributed by atoms with van der Waals surface area (Å²) in [6, 6.07) is 5.98. The second-order valence-electron chi connectivity index (χ2n) is 4.06. The zero-order valence-corrected chi connectivity index (χ0v) is 10.7. The number of nitriles is 1. The Morgan fingerprint density at radius 1 is 1.62 bits per heavy atom. The highest BCUT2D eigenvalue weighted by Crippen LogP contribution is 2.15. The number of thiophene rings is 1. The molecule has 1 aromatic rings. The fourth-order valence-corrected chi connectivity index (χ4v) is 2.28. The highest BCUT2D eigenvalue weighted by Gasteiger charge is 2.12. The fourth-order valence-electron chi connectivity index (χ4n) is 1.48.